The number of ether oxygens (including phenoxy) is 2. The molecule has 0 aliphatic rings. The zero-order chi connectivity index (χ0) is 29.0. The first-order chi connectivity index (χ1) is 18.8. The van der Waals surface area contributed by atoms with E-state index >= 15 is 0 Å². The van der Waals surface area contributed by atoms with Crippen LogP contribution in [-0.2, 0) is 28.2 Å². The molecule has 212 valence electrons. The molecule has 0 aliphatic carbocycles. The van der Waals surface area contributed by atoms with Crippen LogP contribution >= 0.6 is 7.82 Å². The van der Waals surface area contributed by atoms with Crippen molar-refractivity contribution in [2.24, 2.45) is 0 Å². The maximum Gasteiger partial charge on any atom is 0.469 e. The Morgan fingerprint density at radius 3 is 1.74 bits per heavy atom. The van der Waals surface area contributed by atoms with Crippen LogP contribution in [0.3, 0.4) is 0 Å². The molecule has 1 atom stereocenters. The predicted molar refractivity (Wildman–Crippen MR) is 149 cm³/mol. The molecule has 0 aromatic heterocycles. The number of esters is 2. The van der Waals surface area contributed by atoms with Crippen LogP contribution in [0.15, 0.2) is 0 Å². The van der Waals surface area contributed by atoms with E-state index in [1.54, 1.807) is 0 Å². The Morgan fingerprint density at radius 1 is 0.744 bits per heavy atom. The van der Waals surface area contributed by atoms with Gasteiger partial charge in [0.25, 0.3) is 0 Å². The minimum absolute atomic E-state index is 0.139. The number of phosphoric acid groups is 1. The molecule has 0 amide bonds. The molecule has 9 heteroatoms. The van der Waals surface area contributed by atoms with Crippen molar-refractivity contribution in [3.05, 3.63) is 0 Å². The Bertz CT molecular complexity index is 1050. The van der Waals surface area contributed by atoms with Crippen LogP contribution in [0.25, 0.3) is 0 Å². The van der Waals surface area contributed by atoms with Gasteiger partial charge in [-0.15, -0.1) is 6.42 Å². The van der Waals surface area contributed by atoms with E-state index in [4.69, 9.17) is 25.7 Å². The van der Waals surface area contributed by atoms with Crippen LogP contribution in [0.1, 0.15) is 96.8 Å². The molecule has 0 aromatic rings. The summed E-state index contributed by atoms with van der Waals surface area (Å²) in [5, 5.41) is 0. The van der Waals surface area contributed by atoms with E-state index in [2.05, 4.69) is 64.7 Å². The molecule has 0 fully saturated rings. The molecular weight excluding hydrogens is 519 g/mol. The van der Waals surface area contributed by atoms with E-state index in [1.165, 1.54) is 57.8 Å². The molecule has 0 aromatic carbocycles. The van der Waals surface area contributed by atoms with Crippen LogP contribution in [0.5, 0.6) is 0 Å². The molecule has 0 aliphatic heterocycles. The summed E-state index contributed by atoms with van der Waals surface area (Å²) in [7, 11) is -4.81. The Hall–Kier alpha value is -3.15. The number of unbranched alkanes of at least 4 members (excludes halogenated alkanes) is 12. The molecule has 0 bridgehead atoms. The minimum atomic E-state index is -4.81. The van der Waals surface area contributed by atoms with Gasteiger partial charge in [-0.05, 0) is 53.8 Å². The SMILES string of the molecule is C#CC#CC#CC#CC#CC(=O)OC[C@H](COP(=O)(O)O)OC(=O)CCCCCCCCCCCCCCC. The first-order valence-corrected chi connectivity index (χ1v) is 14.8. The molecule has 0 radical (unpaired) electrons. The zero-order valence-electron chi connectivity index (χ0n) is 22.8. The second-order valence-electron chi connectivity index (χ2n) is 8.63. The summed E-state index contributed by atoms with van der Waals surface area (Å²) in [5.41, 5.74) is 0. The van der Waals surface area contributed by atoms with Crippen LogP contribution in [-0.4, -0.2) is 41.0 Å². The largest absolute Gasteiger partial charge is 0.469 e. The van der Waals surface area contributed by atoms with Crippen LogP contribution < -0.4 is 0 Å². The summed E-state index contributed by atoms with van der Waals surface area (Å²) in [6, 6.07) is 0. The van der Waals surface area contributed by atoms with Gasteiger partial charge in [-0.3, -0.25) is 9.32 Å². The second kappa shape index (κ2) is 25.1. The van der Waals surface area contributed by atoms with Crippen molar-refractivity contribution in [3.63, 3.8) is 0 Å². The van der Waals surface area contributed by atoms with Gasteiger partial charge in [-0.2, -0.15) is 0 Å². The predicted octanol–water partition coefficient (Wildman–Crippen LogP) is 4.68. The Morgan fingerprint density at radius 2 is 1.23 bits per heavy atom. The number of carbonyl (C=O) groups excluding carboxylic acids is 2. The smallest absolute Gasteiger partial charge is 0.456 e. The molecule has 0 rings (SSSR count). The van der Waals surface area contributed by atoms with Crippen LogP contribution in [0.4, 0.5) is 0 Å². The number of carbonyl (C=O) groups is 2. The zero-order valence-corrected chi connectivity index (χ0v) is 23.7. The minimum Gasteiger partial charge on any atom is -0.456 e. The van der Waals surface area contributed by atoms with Crippen molar-refractivity contribution in [2.45, 2.75) is 103 Å². The molecule has 0 unspecified atom stereocenters. The fourth-order valence-corrected chi connectivity index (χ4v) is 3.67. The average Bonchev–Trinajstić information content (AvgIpc) is 2.89. The fraction of sp³-hybridized carbons (Fsp3) is 0.600. The highest BCUT2D eigenvalue weighted by Gasteiger charge is 2.22. The van der Waals surface area contributed by atoms with E-state index < -0.39 is 39.1 Å². The van der Waals surface area contributed by atoms with Crippen molar-refractivity contribution in [2.75, 3.05) is 13.2 Å². The lowest BCUT2D eigenvalue weighted by Gasteiger charge is -2.17. The summed E-state index contributed by atoms with van der Waals surface area (Å²) < 4.78 is 25.5. The van der Waals surface area contributed by atoms with Gasteiger partial charge in [0.2, 0.25) is 0 Å². The highest BCUT2D eigenvalue weighted by molar-refractivity contribution is 7.46. The summed E-state index contributed by atoms with van der Waals surface area (Å²) in [6.07, 6.45) is 19.1. The first kappa shape index (κ1) is 35.9. The van der Waals surface area contributed by atoms with Gasteiger partial charge in [0.1, 0.15) is 6.61 Å². The molecule has 39 heavy (non-hydrogen) atoms. The summed E-state index contributed by atoms with van der Waals surface area (Å²) in [6.45, 7) is 1.08. The number of hydrogen-bond acceptors (Lipinski definition) is 6. The van der Waals surface area contributed by atoms with Gasteiger partial charge >= 0.3 is 19.8 Å². The number of phosphoric ester groups is 1. The maximum atomic E-state index is 12.2. The molecule has 0 saturated carbocycles. The quantitative estimate of drug-likeness (QED) is 0.0727. The van der Waals surface area contributed by atoms with E-state index in [-0.39, 0.29) is 6.42 Å². The second-order valence-corrected chi connectivity index (χ2v) is 9.87. The van der Waals surface area contributed by atoms with Gasteiger partial charge in [-0.1, -0.05) is 84.0 Å². The van der Waals surface area contributed by atoms with Crippen LogP contribution in [0.2, 0.25) is 0 Å². The third-order valence-corrected chi connectivity index (χ3v) is 5.71. The van der Waals surface area contributed by atoms with Crippen molar-refractivity contribution in [1.29, 1.82) is 0 Å². The lowest BCUT2D eigenvalue weighted by molar-refractivity contribution is -0.158. The van der Waals surface area contributed by atoms with Crippen molar-refractivity contribution in [1.82, 2.24) is 0 Å². The highest BCUT2D eigenvalue weighted by atomic mass is 31.2. The summed E-state index contributed by atoms with van der Waals surface area (Å²) >= 11 is 0. The lowest BCUT2D eigenvalue weighted by Crippen LogP contribution is -2.29. The third kappa shape index (κ3) is 27.7. The fourth-order valence-electron chi connectivity index (χ4n) is 3.31. The molecule has 8 nitrogen and oxygen atoms in total. The van der Waals surface area contributed by atoms with Gasteiger partial charge in [0.05, 0.1) is 6.61 Å². The maximum absolute atomic E-state index is 12.2. The Labute approximate surface area is 233 Å². The Kier molecular flexibility index (Phi) is 23.1. The van der Waals surface area contributed by atoms with Gasteiger partial charge in [-0.25, -0.2) is 9.36 Å². The normalized spacial score (nSPS) is 10.5. The number of hydrogen-bond donors (Lipinski definition) is 2. The van der Waals surface area contributed by atoms with Gasteiger partial charge in [0.15, 0.2) is 6.10 Å². The van der Waals surface area contributed by atoms with Crippen molar-refractivity contribution in [3.8, 4) is 59.7 Å². The van der Waals surface area contributed by atoms with Crippen molar-refractivity contribution < 1.29 is 37.9 Å². The standard InChI is InChI=1S/C30H39O8P/c1-3-5-7-9-11-13-14-15-16-17-19-21-23-25-30(32)38-28(27-37-39(33,34)35)26-36-29(31)24-22-20-18-12-10-8-6-4-2/h2,28H,3,5,7,9,11,13-17,19,21,23,25-27H2,1H3,(H2,33,34,35)/t28-/m1/s1. The monoisotopic (exact) mass is 558 g/mol. The van der Waals surface area contributed by atoms with Gasteiger partial charge < -0.3 is 19.3 Å². The van der Waals surface area contributed by atoms with Crippen molar-refractivity contribution >= 4 is 19.8 Å². The van der Waals surface area contributed by atoms with E-state index in [0.717, 1.165) is 19.3 Å². The highest BCUT2D eigenvalue weighted by Crippen LogP contribution is 2.35. The molecule has 0 saturated heterocycles. The molecule has 0 heterocycles. The van der Waals surface area contributed by atoms with E-state index in [9.17, 15) is 14.2 Å². The molecule has 2 N–H and O–H groups in total. The topological polar surface area (TPSA) is 119 Å². The Balaban J connectivity index is 4.28. The summed E-state index contributed by atoms with van der Waals surface area (Å²) in [5.74, 6) is 18.8. The lowest BCUT2D eigenvalue weighted by atomic mass is 10.0. The molecule has 0 spiro atoms. The number of rotatable bonds is 20. The van der Waals surface area contributed by atoms with Gasteiger partial charge in [0, 0.05) is 12.3 Å². The van der Waals surface area contributed by atoms with E-state index in [1.807, 2.05) is 0 Å². The summed E-state index contributed by atoms with van der Waals surface area (Å²) in [4.78, 5) is 41.8. The average molecular weight is 559 g/mol. The molecular formula is C30H39O8P. The first-order valence-electron chi connectivity index (χ1n) is 13.3. The number of terminal acetylenes is 1. The van der Waals surface area contributed by atoms with E-state index in [0.29, 0.717) is 6.42 Å². The third-order valence-electron chi connectivity index (χ3n) is 5.22. The van der Waals surface area contributed by atoms with Crippen LogP contribution in [0, 0.1) is 59.7 Å².